The SMILES string of the molecule is NCc1ncnn1-c1cnc2cc(F)ccc2c1. The molecular formula is C12H10FN5. The van der Waals surface area contributed by atoms with E-state index in [0.717, 1.165) is 11.1 Å². The van der Waals surface area contributed by atoms with E-state index in [1.54, 1.807) is 16.9 Å². The summed E-state index contributed by atoms with van der Waals surface area (Å²) >= 11 is 0. The van der Waals surface area contributed by atoms with Crippen LogP contribution >= 0.6 is 0 Å². The summed E-state index contributed by atoms with van der Waals surface area (Å²) < 4.78 is 14.7. The maximum absolute atomic E-state index is 13.0. The van der Waals surface area contributed by atoms with Crippen molar-refractivity contribution in [2.24, 2.45) is 5.73 Å². The van der Waals surface area contributed by atoms with Crippen molar-refractivity contribution in [1.29, 1.82) is 0 Å². The standard InChI is InChI=1S/C12H10FN5/c13-9-2-1-8-3-10(6-15-11(8)4-9)18-12(5-14)16-7-17-18/h1-4,6-7H,5,14H2. The van der Waals surface area contributed by atoms with Crippen molar-refractivity contribution >= 4 is 10.9 Å². The fourth-order valence-corrected chi connectivity index (χ4v) is 1.82. The summed E-state index contributed by atoms with van der Waals surface area (Å²) in [4.78, 5) is 8.25. The zero-order chi connectivity index (χ0) is 12.5. The Morgan fingerprint density at radius 3 is 2.94 bits per heavy atom. The zero-order valence-electron chi connectivity index (χ0n) is 9.42. The van der Waals surface area contributed by atoms with Gasteiger partial charge in [0.25, 0.3) is 0 Å². The zero-order valence-corrected chi connectivity index (χ0v) is 9.42. The average molecular weight is 243 g/mol. The molecule has 3 rings (SSSR count). The lowest BCUT2D eigenvalue weighted by molar-refractivity contribution is 0.629. The predicted molar refractivity (Wildman–Crippen MR) is 64.5 cm³/mol. The number of nitrogens with zero attached hydrogens (tertiary/aromatic N) is 4. The molecule has 2 aromatic heterocycles. The number of hydrogen-bond donors (Lipinski definition) is 1. The quantitative estimate of drug-likeness (QED) is 0.738. The van der Waals surface area contributed by atoms with Gasteiger partial charge in [0, 0.05) is 11.5 Å². The van der Waals surface area contributed by atoms with Gasteiger partial charge in [0.15, 0.2) is 0 Å². The van der Waals surface area contributed by atoms with Gasteiger partial charge < -0.3 is 5.73 Å². The van der Waals surface area contributed by atoms with E-state index < -0.39 is 0 Å². The lowest BCUT2D eigenvalue weighted by Crippen LogP contribution is -2.08. The smallest absolute Gasteiger partial charge is 0.146 e. The van der Waals surface area contributed by atoms with E-state index in [2.05, 4.69) is 15.1 Å². The van der Waals surface area contributed by atoms with Crippen LogP contribution in [0.4, 0.5) is 4.39 Å². The van der Waals surface area contributed by atoms with Crippen molar-refractivity contribution in [3.63, 3.8) is 0 Å². The molecule has 18 heavy (non-hydrogen) atoms. The summed E-state index contributed by atoms with van der Waals surface area (Å²) in [6, 6.07) is 6.35. The van der Waals surface area contributed by atoms with E-state index in [-0.39, 0.29) is 5.82 Å². The fraction of sp³-hybridized carbons (Fsp3) is 0.0833. The highest BCUT2D eigenvalue weighted by molar-refractivity contribution is 5.80. The van der Waals surface area contributed by atoms with Crippen molar-refractivity contribution < 1.29 is 4.39 Å². The van der Waals surface area contributed by atoms with Crippen LogP contribution in [0.15, 0.2) is 36.8 Å². The highest BCUT2D eigenvalue weighted by atomic mass is 19.1. The number of fused-ring (bicyclic) bond motifs is 1. The molecule has 0 unspecified atom stereocenters. The summed E-state index contributed by atoms with van der Waals surface area (Å²) in [7, 11) is 0. The number of nitrogens with two attached hydrogens (primary N) is 1. The van der Waals surface area contributed by atoms with Gasteiger partial charge in [-0.1, -0.05) is 0 Å². The molecule has 2 N–H and O–H groups in total. The molecule has 6 heteroatoms. The lowest BCUT2D eigenvalue weighted by Gasteiger charge is -2.05. The van der Waals surface area contributed by atoms with E-state index in [9.17, 15) is 4.39 Å². The minimum absolute atomic E-state index is 0.293. The largest absolute Gasteiger partial charge is 0.324 e. The second-order valence-electron chi connectivity index (χ2n) is 3.82. The molecule has 0 bridgehead atoms. The van der Waals surface area contributed by atoms with E-state index in [1.807, 2.05) is 6.07 Å². The molecular weight excluding hydrogens is 233 g/mol. The molecule has 0 aliphatic carbocycles. The molecule has 0 aliphatic rings. The monoisotopic (exact) mass is 243 g/mol. The first-order valence-corrected chi connectivity index (χ1v) is 5.42. The van der Waals surface area contributed by atoms with Crippen LogP contribution in [0.25, 0.3) is 16.6 Å². The van der Waals surface area contributed by atoms with Crippen LogP contribution in [0.1, 0.15) is 5.82 Å². The third-order valence-electron chi connectivity index (χ3n) is 2.68. The van der Waals surface area contributed by atoms with Crippen molar-refractivity contribution in [2.45, 2.75) is 6.54 Å². The molecule has 0 spiro atoms. The molecule has 0 atom stereocenters. The normalized spacial score (nSPS) is 11.0. The van der Waals surface area contributed by atoms with E-state index in [0.29, 0.717) is 17.9 Å². The Balaban J connectivity index is 2.16. The predicted octanol–water partition coefficient (Wildman–Crippen LogP) is 1.41. The minimum Gasteiger partial charge on any atom is -0.324 e. The molecule has 0 aliphatic heterocycles. The third kappa shape index (κ3) is 1.72. The van der Waals surface area contributed by atoms with Gasteiger partial charge in [0.05, 0.1) is 23.9 Å². The van der Waals surface area contributed by atoms with Gasteiger partial charge in [-0.15, -0.1) is 0 Å². The summed E-state index contributed by atoms with van der Waals surface area (Å²) in [5, 5.41) is 4.93. The highest BCUT2D eigenvalue weighted by Gasteiger charge is 2.06. The average Bonchev–Trinajstić information content (AvgIpc) is 2.86. The van der Waals surface area contributed by atoms with Gasteiger partial charge in [-0.25, -0.2) is 14.1 Å². The number of halogens is 1. The number of benzene rings is 1. The maximum Gasteiger partial charge on any atom is 0.146 e. The lowest BCUT2D eigenvalue weighted by atomic mass is 10.2. The second-order valence-corrected chi connectivity index (χ2v) is 3.82. The van der Waals surface area contributed by atoms with Gasteiger partial charge >= 0.3 is 0 Å². The van der Waals surface area contributed by atoms with E-state index in [1.165, 1.54) is 18.5 Å². The number of hydrogen-bond acceptors (Lipinski definition) is 4. The number of pyridine rings is 1. The van der Waals surface area contributed by atoms with Crippen LogP contribution in [-0.2, 0) is 6.54 Å². The molecule has 5 nitrogen and oxygen atoms in total. The Bertz CT molecular complexity index is 707. The fourth-order valence-electron chi connectivity index (χ4n) is 1.82. The van der Waals surface area contributed by atoms with Crippen LogP contribution in [-0.4, -0.2) is 19.7 Å². The van der Waals surface area contributed by atoms with Gasteiger partial charge in [-0.2, -0.15) is 5.10 Å². The van der Waals surface area contributed by atoms with Crippen LogP contribution < -0.4 is 5.73 Å². The van der Waals surface area contributed by atoms with Gasteiger partial charge in [0.2, 0.25) is 0 Å². The first-order chi connectivity index (χ1) is 8.78. The van der Waals surface area contributed by atoms with Crippen molar-refractivity contribution in [3.05, 3.63) is 48.4 Å². The molecule has 0 saturated carbocycles. The van der Waals surface area contributed by atoms with Crippen LogP contribution in [0, 0.1) is 5.82 Å². The summed E-state index contributed by atoms with van der Waals surface area (Å²) in [5.41, 5.74) is 6.93. The Kier molecular flexibility index (Phi) is 2.49. The molecule has 0 radical (unpaired) electrons. The molecule has 90 valence electrons. The minimum atomic E-state index is -0.300. The van der Waals surface area contributed by atoms with Gasteiger partial charge in [-0.3, -0.25) is 4.98 Å². The Hall–Kier alpha value is -2.34. The first-order valence-electron chi connectivity index (χ1n) is 5.42. The topological polar surface area (TPSA) is 69.6 Å². The molecule has 3 aromatic rings. The van der Waals surface area contributed by atoms with Crippen molar-refractivity contribution in [2.75, 3.05) is 0 Å². The van der Waals surface area contributed by atoms with Gasteiger partial charge in [0.1, 0.15) is 18.0 Å². The van der Waals surface area contributed by atoms with Gasteiger partial charge in [-0.05, 0) is 18.2 Å². The molecule has 2 heterocycles. The van der Waals surface area contributed by atoms with Crippen molar-refractivity contribution in [1.82, 2.24) is 19.7 Å². The maximum atomic E-state index is 13.0. The third-order valence-corrected chi connectivity index (χ3v) is 2.68. The molecule has 0 amide bonds. The number of rotatable bonds is 2. The van der Waals surface area contributed by atoms with Crippen LogP contribution in [0.3, 0.4) is 0 Å². The summed E-state index contributed by atoms with van der Waals surface area (Å²) in [6.07, 6.45) is 3.06. The highest BCUT2D eigenvalue weighted by Crippen LogP contribution is 2.17. The van der Waals surface area contributed by atoms with E-state index in [4.69, 9.17) is 5.73 Å². The van der Waals surface area contributed by atoms with Crippen LogP contribution in [0.2, 0.25) is 0 Å². The number of aromatic nitrogens is 4. The molecule has 0 saturated heterocycles. The van der Waals surface area contributed by atoms with E-state index >= 15 is 0 Å². The molecule has 1 aromatic carbocycles. The first kappa shape index (κ1) is 10.8. The Morgan fingerprint density at radius 2 is 2.11 bits per heavy atom. The second kappa shape index (κ2) is 4.15. The van der Waals surface area contributed by atoms with Crippen molar-refractivity contribution in [3.8, 4) is 5.69 Å². The molecule has 0 fully saturated rings. The summed E-state index contributed by atoms with van der Waals surface area (Å²) in [6.45, 7) is 0.293. The summed E-state index contributed by atoms with van der Waals surface area (Å²) in [5.74, 6) is 0.351. The van der Waals surface area contributed by atoms with Crippen LogP contribution in [0.5, 0.6) is 0 Å². The Morgan fingerprint density at radius 1 is 1.22 bits per heavy atom. The Labute approximate surface area is 102 Å².